The highest BCUT2D eigenvalue weighted by molar-refractivity contribution is 14.1. The Morgan fingerprint density at radius 2 is 2.50 bits per heavy atom. The van der Waals surface area contributed by atoms with Crippen molar-refractivity contribution in [1.82, 2.24) is 0 Å². The average Bonchev–Trinajstić information content (AvgIpc) is 1.77. The van der Waals surface area contributed by atoms with Crippen molar-refractivity contribution < 1.29 is 4.39 Å². The highest BCUT2D eigenvalue weighted by atomic mass is 127. The van der Waals surface area contributed by atoms with Gasteiger partial charge in [-0.15, -0.1) is 0 Å². The fourth-order valence-corrected chi connectivity index (χ4v) is 1.04. The Morgan fingerprint density at radius 1 is 1.75 bits per heavy atom. The minimum absolute atomic E-state index is 0.550. The molecule has 0 heterocycles. The predicted octanol–water partition coefficient (Wildman–Crippen LogP) is 2.60. The van der Waals surface area contributed by atoms with Crippen LogP contribution in [0.3, 0.4) is 0 Å². The molecule has 44 valence electrons. The van der Waals surface area contributed by atoms with Gasteiger partial charge in [0, 0.05) is 10.0 Å². The first-order valence-corrected chi connectivity index (χ1v) is 3.55. The molecule has 0 amide bonds. The normalized spacial score (nSPS) is 27.8. The molecule has 0 aromatic heterocycles. The molecule has 0 bridgehead atoms. The third kappa shape index (κ3) is 1.31. The van der Waals surface area contributed by atoms with E-state index >= 15 is 0 Å². The zero-order chi connectivity index (χ0) is 5.98. The Labute approximate surface area is 61.6 Å². The summed E-state index contributed by atoms with van der Waals surface area (Å²) in [4.78, 5) is 0. The van der Waals surface area contributed by atoms with Crippen molar-refractivity contribution >= 4 is 22.6 Å². The van der Waals surface area contributed by atoms with Crippen LogP contribution in [0.2, 0.25) is 0 Å². The Kier molecular flexibility index (Phi) is 2.05. The standard InChI is InChI=1S/C6H6FI/c7-5-3-1-2-4-6(5)8/h1-2,4-5H,3H2. The van der Waals surface area contributed by atoms with Crippen LogP contribution >= 0.6 is 22.6 Å². The largest absolute Gasteiger partial charge is 0.241 e. The molecule has 1 unspecified atom stereocenters. The minimum Gasteiger partial charge on any atom is -0.241 e. The van der Waals surface area contributed by atoms with Crippen LogP contribution in [-0.4, -0.2) is 6.17 Å². The van der Waals surface area contributed by atoms with Gasteiger partial charge in [-0.1, -0.05) is 18.2 Å². The summed E-state index contributed by atoms with van der Waals surface area (Å²) in [7, 11) is 0. The summed E-state index contributed by atoms with van der Waals surface area (Å²) in [6.07, 6.45) is 5.34. The van der Waals surface area contributed by atoms with Crippen molar-refractivity contribution in [1.29, 1.82) is 0 Å². The van der Waals surface area contributed by atoms with Gasteiger partial charge in [0.2, 0.25) is 0 Å². The van der Waals surface area contributed by atoms with Crippen molar-refractivity contribution in [3.8, 4) is 0 Å². The van der Waals surface area contributed by atoms with Gasteiger partial charge in [-0.2, -0.15) is 0 Å². The van der Waals surface area contributed by atoms with Gasteiger partial charge in [0.25, 0.3) is 0 Å². The number of hydrogen-bond donors (Lipinski definition) is 0. The van der Waals surface area contributed by atoms with Crippen molar-refractivity contribution in [3.05, 3.63) is 21.8 Å². The summed E-state index contributed by atoms with van der Waals surface area (Å²) in [5, 5.41) is 0. The first-order valence-electron chi connectivity index (χ1n) is 2.47. The van der Waals surface area contributed by atoms with Gasteiger partial charge in [0.15, 0.2) is 0 Å². The van der Waals surface area contributed by atoms with E-state index in [0.29, 0.717) is 6.42 Å². The molecule has 0 saturated carbocycles. The zero-order valence-electron chi connectivity index (χ0n) is 4.27. The molecule has 1 aliphatic rings. The van der Waals surface area contributed by atoms with Crippen LogP contribution in [0.15, 0.2) is 21.8 Å². The van der Waals surface area contributed by atoms with E-state index in [1.165, 1.54) is 0 Å². The van der Waals surface area contributed by atoms with Crippen LogP contribution in [-0.2, 0) is 0 Å². The van der Waals surface area contributed by atoms with Crippen molar-refractivity contribution in [2.45, 2.75) is 12.6 Å². The maximum atomic E-state index is 12.5. The van der Waals surface area contributed by atoms with Gasteiger partial charge in [0.05, 0.1) is 0 Å². The molecule has 1 aliphatic carbocycles. The molecule has 0 N–H and O–H groups in total. The van der Waals surface area contributed by atoms with Crippen LogP contribution in [0.1, 0.15) is 6.42 Å². The number of hydrogen-bond acceptors (Lipinski definition) is 0. The molecule has 0 fully saturated rings. The smallest absolute Gasteiger partial charge is 0.134 e. The highest BCUT2D eigenvalue weighted by Gasteiger charge is 2.08. The van der Waals surface area contributed by atoms with E-state index < -0.39 is 6.17 Å². The molecular formula is C6H6FI. The summed E-state index contributed by atoms with van der Waals surface area (Å²) in [6.45, 7) is 0. The zero-order valence-corrected chi connectivity index (χ0v) is 6.43. The van der Waals surface area contributed by atoms with Crippen LogP contribution in [0.25, 0.3) is 0 Å². The summed E-state index contributed by atoms with van der Waals surface area (Å²) in [6, 6.07) is 0. The first-order chi connectivity index (χ1) is 3.80. The van der Waals surface area contributed by atoms with Gasteiger partial charge in [0.1, 0.15) is 6.17 Å². The first kappa shape index (κ1) is 6.26. The molecule has 1 rings (SSSR count). The van der Waals surface area contributed by atoms with E-state index in [2.05, 4.69) is 0 Å². The van der Waals surface area contributed by atoms with E-state index in [4.69, 9.17) is 0 Å². The Morgan fingerprint density at radius 3 is 2.88 bits per heavy atom. The van der Waals surface area contributed by atoms with Crippen molar-refractivity contribution in [2.75, 3.05) is 0 Å². The SMILES string of the molecule is FC1CC=CC=C1I. The van der Waals surface area contributed by atoms with Gasteiger partial charge in [-0.05, 0) is 22.6 Å². The molecule has 0 radical (unpaired) electrons. The van der Waals surface area contributed by atoms with E-state index in [-0.39, 0.29) is 0 Å². The number of halogens is 2. The topological polar surface area (TPSA) is 0 Å². The molecule has 0 aliphatic heterocycles. The number of rotatable bonds is 0. The minimum atomic E-state index is -0.736. The van der Waals surface area contributed by atoms with Crippen LogP contribution < -0.4 is 0 Å². The fourth-order valence-electron chi connectivity index (χ4n) is 0.575. The monoisotopic (exact) mass is 224 g/mol. The summed E-state index contributed by atoms with van der Waals surface area (Å²) >= 11 is 2.02. The van der Waals surface area contributed by atoms with Crippen molar-refractivity contribution in [3.63, 3.8) is 0 Å². The second kappa shape index (κ2) is 2.62. The summed E-state index contributed by atoms with van der Waals surface area (Å²) < 4.78 is 13.3. The maximum Gasteiger partial charge on any atom is 0.134 e. The van der Waals surface area contributed by atoms with E-state index in [0.717, 1.165) is 3.58 Å². The Bertz CT molecular complexity index is 137. The lowest BCUT2D eigenvalue weighted by atomic mass is 10.2. The lowest BCUT2D eigenvalue weighted by Gasteiger charge is -2.05. The number of alkyl halides is 1. The van der Waals surface area contributed by atoms with Crippen LogP contribution in [0, 0.1) is 0 Å². The average molecular weight is 224 g/mol. The van der Waals surface area contributed by atoms with Crippen LogP contribution in [0.5, 0.6) is 0 Å². The van der Waals surface area contributed by atoms with Gasteiger partial charge >= 0.3 is 0 Å². The van der Waals surface area contributed by atoms with Crippen LogP contribution in [0.4, 0.5) is 4.39 Å². The lowest BCUT2D eigenvalue weighted by Crippen LogP contribution is -1.99. The van der Waals surface area contributed by atoms with E-state index in [1.54, 1.807) is 6.08 Å². The molecule has 2 heteroatoms. The molecule has 0 aromatic carbocycles. The molecule has 0 spiro atoms. The highest BCUT2D eigenvalue weighted by Crippen LogP contribution is 2.21. The van der Waals surface area contributed by atoms with Gasteiger partial charge < -0.3 is 0 Å². The van der Waals surface area contributed by atoms with Gasteiger partial charge in [-0.25, -0.2) is 4.39 Å². The van der Waals surface area contributed by atoms with Gasteiger partial charge in [-0.3, -0.25) is 0 Å². The molecule has 0 saturated heterocycles. The third-order valence-electron chi connectivity index (χ3n) is 1.03. The lowest BCUT2D eigenvalue weighted by molar-refractivity contribution is 0.399. The van der Waals surface area contributed by atoms with Crippen molar-refractivity contribution in [2.24, 2.45) is 0 Å². The molecule has 0 nitrogen and oxygen atoms in total. The second-order valence-electron chi connectivity index (χ2n) is 1.68. The Balaban J connectivity index is 2.66. The molecule has 0 aromatic rings. The third-order valence-corrected chi connectivity index (χ3v) is 2.07. The van der Waals surface area contributed by atoms with E-state index in [9.17, 15) is 4.39 Å². The molecule has 1 atom stereocenters. The van der Waals surface area contributed by atoms with E-state index in [1.807, 2.05) is 34.7 Å². The maximum absolute atomic E-state index is 12.5. The quantitative estimate of drug-likeness (QED) is 0.554. The Hall–Kier alpha value is 0.140. The number of allylic oxidation sites excluding steroid dienone is 4. The fraction of sp³-hybridized carbons (Fsp3) is 0.333. The molecule has 8 heavy (non-hydrogen) atoms. The molecular weight excluding hydrogens is 218 g/mol. The second-order valence-corrected chi connectivity index (χ2v) is 2.93. The summed E-state index contributed by atoms with van der Waals surface area (Å²) in [5.74, 6) is 0. The predicted molar refractivity (Wildman–Crippen MR) is 40.8 cm³/mol. The summed E-state index contributed by atoms with van der Waals surface area (Å²) in [5.41, 5.74) is 0.